The van der Waals surface area contributed by atoms with Crippen LogP contribution in [0.2, 0.25) is 10.0 Å². The number of halogens is 2. The molecule has 0 aliphatic heterocycles. The molecule has 9 heteroatoms. The molecule has 7 nitrogen and oxygen atoms in total. The molecule has 144 valence electrons. The number of nitrogens with one attached hydrogen (secondary N) is 1. The van der Waals surface area contributed by atoms with Crippen molar-refractivity contribution in [3.05, 3.63) is 68.6 Å². The SMILES string of the molecule is CCn1nc(C(=O)OCC(=O)Nc2c(Cl)cccc2Cl)c2ccccc2c1=O. The summed E-state index contributed by atoms with van der Waals surface area (Å²) in [5.74, 6) is -1.43. The van der Waals surface area contributed by atoms with E-state index in [4.69, 9.17) is 27.9 Å². The first-order valence-electron chi connectivity index (χ1n) is 8.33. The van der Waals surface area contributed by atoms with Crippen molar-refractivity contribution in [3.8, 4) is 0 Å². The molecule has 28 heavy (non-hydrogen) atoms. The zero-order valence-electron chi connectivity index (χ0n) is 14.7. The molecule has 0 saturated carbocycles. The second kappa shape index (κ2) is 8.41. The van der Waals surface area contributed by atoms with Crippen molar-refractivity contribution >= 4 is 51.5 Å². The van der Waals surface area contributed by atoms with Crippen LogP contribution >= 0.6 is 23.2 Å². The highest BCUT2D eigenvalue weighted by Crippen LogP contribution is 2.29. The minimum atomic E-state index is -0.821. The van der Waals surface area contributed by atoms with Gasteiger partial charge in [0.1, 0.15) is 0 Å². The molecular formula is C19H15Cl2N3O4. The van der Waals surface area contributed by atoms with Crippen LogP contribution in [0.5, 0.6) is 0 Å². The first kappa shape index (κ1) is 19.9. The lowest BCUT2D eigenvalue weighted by molar-refractivity contribution is -0.119. The summed E-state index contributed by atoms with van der Waals surface area (Å²) in [6, 6.07) is 11.4. The largest absolute Gasteiger partial charge is 0.451 e. The van der Waals surface area contributed by atoms with Crippen LogP contribution in [0.4, 0.5) is 5.69 Å². The maximum atomic E-state index is 12.5. The smallest absolute Gasteiger partial charge is 0.359 e. The van der Waals surface area contributed by atoms with Gasteiger partial charge >= 0.3 is 5.97 Å². The van der Waals surface area contributed by atoms with Crippen LogP contribution in [0.25, 0.3) is 10.8 Å². The van der Waals surface area contributed by atoms with Gasteiger partial charge in [-0.2, -0.15) is 5.10 Å². The standard InChI is InChI=1S/C19H15Cl2N3O4/c1-2-24-18(26)12-7-4-3-6-11(12)16(23-24)19(27)28-10-15(25)22-17-13(20)8-5-9-14(17)21/h3-9H,2,10H2,1H3,(H,22,25). The lowest BCUT2D eigenvalue weighted by Gasteiger charge is -2.11. The van der Waals surface area contributed by atoms with Crippen molar-refractivity contribution in [2.45, 2.75) is 13.5 Å². The van der Waals surface area contributed by atoms with Crippen molar-refractivity contribution < 1.29 is 14.3 Å². The molecule has 1 N–H and O–H groups in total. The molecule has 1 aromatic heterocycles. The fraction of sp³-hybridized carbons (Fsp3) is 0.158. The Morgan fingerprint density at radius 3 is 2.36 bits per heavy atom. The summed E-state index contributed by atoms with van der Waals surface area (Å²) in [5.41, 5.74) is -0.114. The van der Waals surface area contributed by atoms with Crippen molar-refractivity contribution in [2.75, 3.05) is 11.9 Å². The molecule has 2 aromatic carbocycles. The van der Waals surface area contributed by atoms with Gasteiger partial charge in [-0.15, -0.1) is 0 Å². The number of benzene rings is 2. The highest BCUT2D eigenvalue weighted by Gasteiger charge is 2.19. The molecule has 0 aliphatic rings. The number of amides is 1. The van der Waals surface area contributed by atoms with E-state index in [1.807, 2.05) is 0 Å². The van der Waals surface area contributed by atoms with Gasteiger partial charge in [0.25, 0.3) is 11.5 Å². The molecule has 1 heterocycles. The number of esters is 1. The molecule has 0 unspecified atom stereocenters. The summed E-state index contributed by atoms with van der Waals surface area (Å²) >= 11 is 12.0. The Labute approximate surface area is 169 Å². The molecule has 3 aromatic rings. The van der Waals surface area contributed by atoms with Crippen LogP contribution in [-0.2, 0) is 16.1 Å². The van der Waals surface area contributed by atoms with Gasteiger partial charge in [0.05, 0.1) is 21.1 Å². The van der Waals surface area contributed by atoms with E-state index in [0.29, 0.717) is 10.8 Å². The van der Waals surface area contributed by atoms with Gasteiger partial charge in [0, 0.05) is 11.9 Å². The van der Waals surface area contributed by atoms with Crippen LogP contribution in [0.15, 0.2) is 47.3 Å². The minimum Gasteiger partial charge on any atom is -0.451 e. The van der Waals surface area contributed by atoms with Gasteiger partial charge in [-0.3, -0.25) is 9.59 Å². The summed E-state index contributed by atoms with van der Waals surface area (Å²) in [4.78, 5) is 36.9. The summed E-state index contributed by atoms with van der Waals surface area (Å²) in [7, 11) is 0. The number of anilines is 1. The van der Waals surface area contributed by atoms with Gasteiger partial charge < -0.3 is 10.1 Å². The highest BCUT2D eigenvalue weighted by atomic mass is 35.5. The highest BCUT2D eigenvalue weighted by molar-refractivity contribution is 6.39. The molecule has 0 fully saturated rings. The Morgan fingerprint density at radius 2 is 1.71 bits per heavy atom. The molecule has 3 rings (SSSR count). The Hall–Kier alpha value is -2.90. The Bertz CT molecular complexity index is 1110. The molecule has 0 spiro atoms. The predicted molar refractivity (Wildman–Crippen MR) is 107 cm³/mol. The van der Waals surface area contributed by atoms with Crippen molar-refractivity contribution in [2.24, 2.45) is 0 Å². The Balaban J connectivity index is 1.79. The van der Waals surface area contributed by atoms with Gasteiger partial charge in [0.15, 0.2) is 12.3 Å². The average molecular weight is 420 g/mol. The quantitative estimate of drug-likeness (QED) is 0.638. The van der Waals surface area contributed by atoms with E-state index < -0.39 is 18.5 Å². The third kappa shape index (κ3) is 4.00. The molecule has 0 bridgehead atoms. The number of carbonyl (C=O) groups is 2. The van der Waals surface area contributed by atoms with Crippen LogP contribution in [-0.4, -0.2) is 28.3 Å². The van der Waals surface area contributed by atoms with E-state index in [9.17, 15) is 14.4 Å². The third-order valence-corrected chi connectivity index (χ3v) is 4.55. The van der Waals surface area contributed by atoms with Crippen LogP contribution < -0.4 is 10.9 Å². The van der Waals surface area contributed by atoms with E-state index in [2.05, 4.69) is 10.4 Å². The Kier molecular flexibility index (Phi) is 5.96. The molecule has 0 atom stereocenters. The zero-order valence-corrected chi connectivity index (χ0v) is 16.3. The van der Waals surface area contributed by atoms with Crippen molar-refractivity contribution in [1.29, 1.82) is 0 Å². The number of aryl methyl sites for hydroxylation is 1. The topological polar surface area (TPSA) is 90.3 Å². The number of hydrogen-bond acceptors (Lipinski definition) is 5. The van der Waals surface area contributed by atoms with Crippen LogP contribution in [0, 0.1) is 0 Å². The molecular weight excluding hydrogens is 405 g/mol. The molecule has 1 amide bonds. The van der Waals surface area contributed by atoms with E-state index >= 15 is 0 Å². The van der Waals surface area contributed by atoms with Crippen LogP contribution in [0.3, 0.4) is 0 Å². The lowest BCUT2D eigenvalue weighted by Crippen LogP contribution is -2.27. The van der Waals surface area contributed by atoms with Crippen LogP contribution in [0.1, 0.15) is 17.4 Å². The number of carbonyl (C=O) groups excluding carboxylic acids is 2. The number of hydrogen-bond donors (Lipinski definition) is 1. The fourth-order valence-corrected chi connectivity index (χ4v) is 3.08. The number of aromatic nitrogens is 2. The molecule has 0 saturated heterocycles. The number of ether oxygens (including phenoxy) is 1. The first-order chi connectivity index (χ1) is 13.4. The average Bonchev–Trinajstić information content (AvgIpc) is 2.69. The summed E-state index contributed by atoms with van der Waals surface area (Å²) in [6.45, 7) is 1.45. The molecule has 0 radical (unpaired) electrons. The predicted octanol–water partition coefficient (Wildman–Crippen LogP) is 3.52. The van der Waals surface area contributed by atoms with Gasteiger partial charge in [-0.05, 0) is 25.1 Å². The summed E-state index contributed by atoms with van der Waals surface area (Å²) in [5, 5.41) is 7.79. The van der Waals surface area contributed by atoms with Gasteiger partial charge in [-0.25, -0.2) is 9.48 Å². The van der Waals surface area contributed by atoms with E-state index in [-0.39, 0.29) is 33.5 Å². The van der Waals surface area contributed by atoms with Gasteiger partial charge in [0.2, 0.25) is 0 Å². The van der Waals surface area contributed by atoms with Gasteiger partial charge in [-0.1, -0.05) is 47.5 Å². The van der Waals surface area contributed by atoms with E-state index in [1.54, 1.807) is 49.4 Å². The maximum Gasteiger partial charge on any atom is 0.359 e. The third-order valence-electron chi connectivity index (χ3n) is 3.92. The van der Waals surface area contributed by atoms with Crippen molar-refractivity contribution in [3.63, 3.8) is 0 Å². The fourth-order valence-electron chi connectivity index (χ4n) is 2.59. The van der Waals surface area contributed by atoms with E-state index in [0.717, 1.165) is 0 Å². The number of para-hydroxylation sites is 1. The summed E-state index contributed by atoms with van der Waals surface area (Å²) < 4.78 is 6.24. The Morgan fingerprint density at radius 1 is 1.07 bits per heavy atom. The minimum absolute atomic E-state index is 0.0411. The summed E-state index contributed by atoms with van der Waals surface area (Å²) in [6.07, 6.45) is 0. The first-order valence-corrected chi connectivity index (χ1v) is 9.08. The number of fused-ring (bicyclic) bond motifs is 1. The zero-order chi connectivity index (χ0) is 20.3. The molecule has 0 aliphatic carbocycles. The maximum absolute atomic E-state index is 12.5. The monoisotopic (exact) mass is 419 g/mol. The number of nitrogens with zero attached hydrogens (tertiary/aromatic N) is 2. The van der Waals surface area contributed by atoms with E-state index in [1.165, 1.54) is 4.68 Å². The number of rotatable bonds is 5. The van der Waals surface area contributed by atoms with Crippen molar-refractivity contribution in [1.82, 2.24) is 9.78 Å². The lowest BCUT2D eigenvalue weighted by atomic mass is 10.1. The second-order valence-electron chi connectivity index (χ2n) is 5.74. The second-order valence-corrected chi connectivity index (χ2v) is 6.55. The normalized spacial score (nSPS) is 10.7.